The quantitative estimate of drug-likeness (QED) is 0.490. The Morgan fingerprint density at radius 1 is 0.912 bits per heavy atom. The lowest BCUT2D eigenvalue weighted by Crippen LogP contribution is -2.41. The van der Waals surface area contributed by atoms with Crippen molar-refractivity contribution < 1.29 is 28.8 Å². The van der Waals surface area contributed by atoms with E-state index in [-0.39, 0.29) is 12.1 Å². The maximum Gasteiger partial charge on any atom is 0.407 e. The van der Waals surface area contributed by atoms with Crippen LogP contribution in [0.15, 0.2) is 54.7 Å². The van der Waals surface area contributed by atoms with E-state index in [9.17, 15) is 9.90 Å². The van der Waals surface area contributed by atoms with Crippen molar-refractivity contribution in [1.82, 2.24) is 14.9 Å². The molecule has 0 radical (unpaired) electrons. The summed E-state index contributed by atoms with van der Waals surface area (Å²) in [6, 6.07) is 14.4. The van der Waals surface area contributed by atoms with E-state index in [1.807, 2.05) is 0 Å². The van der Waals surface area contributed by atoms with Crippen molar-refractivity contribution in [2.24, 2.45) is 0 Å². The average Bonchev–Trinajstić information content (AvgIpc) is 2.87. The van der Waals surface area contributed by atoms with E-state index >= 15 is 0 Å². The summed E-state index contributed by atoms with van der Waals surface area (Å²) < 4.78 is 22.2. The first-order valence-corrected chi connectivity index (χ1v) is 10.8. The third-order valence-corrected chi connectivity index (χ3v) is 5.40. The molecule has 1 aliphatic heterocycles. The van der Waals surface area contributed by atoms with Crippen LogP contribution < -0.4 is 24.3 Å². The van der Waals surface area contributed by atoms with E-state index in [4.69, 9.17) is 18.9 Å². The molecular weight excluding hydrogens is 440 g/mol. The molecule has 3 aromatic rings. The predicted octanol–water partition coefficient (Wildman–Crippen LogP) is 4.63. The second kappa shape index (κ2) is 10.6. The second-order valence-corrected chi connectivity index (χ2v) is 7.61. The molecule has 4 rings (SSSR count). The minimum Gasteiger partial charge on any atom is -0.497 e. The molecule has 0 bridgehead atoms. The van der Waals surface area contributed by atoms with Crippen LogP contribution in [0.5, 0.6) is 34.9 Å². The molecule has 1 aliphatic rings. The summed E-state index contributed by atoms with van der Waals surface area (Å²) in [6.07, 6.45) is 2.04. The molecule has 1 aromatic heterocycles. The summed E-state index contributed by atoms with van der Waals surface area (Å²) in [6.45, 7) is 0.919. The van der Waals surface area contributed by atoms with Crippen molar-refractivity contribution in [3.8, 4) is 34.9 Å². The monoisotopic (exact) mass is 466 g/mol. The zero-order chi connectivity index (χ0) is 23.9. The Bertz CT molecular complexity index is 1100. The minimum atomic E-state index is -0.898. The Morgan fingerprint density at radius 3 is 1.97 bits per heavy atom. The zero-order valence-electron chi connectivity index (χ0n) is 18.9. The standard InChI is InChI=1S/C24H26N4O6/c1-31-17-3-7-19(8-4-17)33-22-21(26-16-11-13-28(14-12-16)24(29)30)15-25-23(27-22)34-20-9-5-18(32-2)6-10-20/h3-10,15-16,26H,11-14H2,1-2H3,(H,29,30). The third-order valence-electron chi connectivity index (χ3n) is 5.40. The number of benzene rings is 2. The average molecular weight is 466 g/mol. The van der Waals surface area contributed by atoms with Gasteiger partial charge in [-0.3, -0.25) is 0 Å². The topological polar surface area (TPSA) is 115 Å². The van der Waals surface area contributed by atoms with Crippen molar-refractivity contribution in [2.45, 2.75) is 18.9 Å². The minimum absolute atomic E-state index is 0.0609. The number of nitrogens with one attached hydrogen (secondary N) is 1. The number of nitrogens with zero attached hydrogens (tertiary/aromatic N) is 3. The van der Waals surface area contributed by atoms with Gasteiger partial charge in [-0.2, -0.15) is 4.98 Å². The number of hydrogen-bond donors (Lipinski definition) is 2. The Hall–Kier alpha value is -4.21. The molecule has 1 fully saturated rings. The fourth-order valence-corrected chi connectivity index (χ4v) is 3.52. The van der Waals surface area contributed by atoms with Gasteiger partial charge in [0, 0.05) is 19.1 Å². The van der Waals surface area contributed by atoms with E-state index in [0.717, 1.165) is 0 Å². The molecule has 0 aliphatic carbocycles. The molecule has 0 spiro atoms. The zero-order valence-corrected chi connectivity index (χ0v) is 18.9. The summed E-state index contributed by atoms with van der Waals surface area (Å²) in [5, 5.41) is 12.6. The Morgan fingerprint density at radius 2 is 1.44 bits per heavy atom. The molecule has 2 N–H and O–H groups in total. The number of hydrogen-bond acceptors (Lipinski definition) is 8. The maximum absolute atomic E-state index is 11.2. The highest BCUT2D eigenvalue weighted by molar-refractivity contribution is 5.65. The van der Waals surface area contributed by atoms with Gasteiger partial charge in [0.2, 0.25) is 5.88 Å². The fraction of sp³-hybridized carbons (Fsp3) is 0.292. The Balaban J connectivity index is 1.54. The van der Waals surface area contributed by atoms with Gasteiger partial charge >= 0.3 is 12.1 Å². The van der Waals surface area contributed by atoms with Gasteiger partial charge in [0.15, 0.2) is 0 Å². The highest BCUT2D eigenvalue weighted by atomic mass is 16.5. The summed E-state index contributed by atoms with van der Waals surface area (Å²) in [7, 11) is 3.19. The van der Waals surface area contributed by atoms with E-state index in [0.29, 0.717) is 60.5 Å². The van der Waals surface area contributed by atoms with Crippen LogP contribution in [0.4, 0.5) is 10.5 Å². The lowest BCUT2D eigenvalue weighted by Gasteiger charge is -2.31. The smallest absolute Gasteiger partial charge is 0.407 e. The lowest BCUT2D eigenvalue weighted by molar-refractivity contribution is 0.133. The number of ether oxygens (including phenoxy) is 4. The van der Waals surface area contributed by atoms with Gasteiger partial charge in [-0.05, 0) is 61.4 Å². The highest BCUT2D eigenvalue weighted by Crippen LogP contribution is 2.32. The van der Waals surface area contributed by atoms with E-state index in [1.165, 1.54) is 4.90 Å². The second-order valence-electron chi connectivity index (χ2n) is 7.61. The van der Waals surface area contributed by atoms with Crippen molar-refractivity contribution in [2.75, 3.05) is 32.6 Å². The number of amides is 1. The third kappa shape index (κ3) is 5.77. The van der Waals surface area contributed by atoms with Gasteiger partial charge < -0.3 is 34.3 Å². The van der Waals surface area contributed by atoms with Gasteiger partial charge in [-0.25, -0.2) is 9.78 Å². The van der Waals surface area contributed by atoms with Gasteiger partial charge in [0.05, 0.1) is 20.4 Å². The first-order valence-electron chi connectivity index (χ1n) is 10.8. The molecule has 2 heterocycles. The first-order chi connectivity index (χ1) is 16.5. The largest absolute Gasteiger partial charge is 0.497 e. The molecular formula is C24H26N4O6. The molecule has 10 nitrogen and oxygen atoms in total. The van der Waals surface area contributed by atoms with Crippen LogP contribution in [0.25, 0.3) is 0 Å². The summed E-state index contributed by atoms with van der Waals surface area (Å²) in [4.78, 5) is 21.4. The van der Waals surface area contributed by atoms with Crippen LogP contribution in [0.2, 0.25) is 0 Å². The molecule has 0 atom stereocenters. The van der Waals surface area contributed by atoms with Crippen molar-refractivity contribution in [1.29, 1.82) is 0 Å². The number of carbonyl (C=O) groups is 1. The highest BCUT2D eigenvalue weighted by Gasteiger charge is 2.23. The number of aromatic nitrogens is 2. The van der Waals surface area contributed by atoms with Crippen LogP contribution >= 0.6 is 0 Å². The molecule has 10 heteroatoms. The molecule has 1 amide bonds. The van der Waals surface area contributed by atoms with Crippen LogP contribution in [0.1, 0.15) is 12.8 Å². The number of carboxylic acid groups (broad SMARTS) is 1. The summed E-state index contributed by atoms with van der Waals surface area (Å²) >= 11 is 0. The molecule has 1 saturated heterocycles. The SMILES string of the molecule is COc1ccc(Oc2ncc(NC3CCN(C(=O)O)CC3)c(Oc3ccc(OC)cc3)n2)cc1. The molecule has 178 valence electrons. The van der Waals surface area contributed by atoms with Crippen LogP contribution in [-0.4, -0.2) is 59.4 Å². The summed E-state index contributed by atoms with van der Waals surface area (Å²) in [5.74, 6) is 2.84. The summed E-state index contributed by atoms with van der Waals surface area (Å²) in [5.41, 5.74) is 0.590. The molecule has 0 unspecified atom stereocenters. The van der Waals surface area contributed by atoms with Crippen molar-refractivity contribution in [3.05, 3.63) is 54.7 Å². The number of methoxy groups -OCH3 is 2. The predicted molar refractivity (Wildman–Crippen MR) is 124 cm³/mol. The van der Waals surface area contributed by atoms with Crippen LogP contribution in [0.3, 0.4) is 0 Å². The molecule has 34 heavy (non-hydrogen) atoms. The van der Waals surface area contributed by atoms with Gasteiger partial charge in [-0.15, -0.1) is 0 Å². The van der Waals surface area contributed by atoms with E-state index < -0.39 is 6.09 Å². The Kier molecular flexibility index (Phi) is 7.16. The Labute approximate surface area is 197 Å². The molecule has 2 aromatic carbocycles. The number of likely N-dealkylation sites (tertiary alicyclic amines) is 1. The lowest BCUT2D eigenvalue weighted by atomic mass is 10.1. The van der Waals surface area contributed by atoms with Crippen LogP contribution in [-0.2, 0) is 0 Å². The number of piperidine rings is 1. The fourth-order valence-electron chi connectivity index (χ4n) is 3.52. The normalized spacial score (nSPS) is 13.8. The first kappa shape index (κ1) is 23.0. The number of rotatable bonds is 8. The van der Waals surface area contributed by atoms with Crippen molar-refractivity contribution >= 4 is 11.8 Å². The van der Waals surface area contributed by atoms with Crippen LogP contribution in [0, 0.1) is 0 Å². The van der Waals surface area contributed by atoms with Gasteiger partial charge in [0.1, 0.15) is 28.7 Å². The van der Waals surface area contributed by atoms with E-state index in [2.05, 4.69) is 15.3 Å². The van der Waals surface area contributed by atoms with Crippen molar-refractivity contribution in [3.63, 3.8) is 0 Å². The van der Waals surface area contributed by atoms with Gasteiger partial charge in [-0.1, -0.05) is 0 Å². The maximum atomic E-state index is 11.2. The van der Waals surface area contributed by atoms with E-state index in [1.54, 1.807) is 68.9 Å². The molecule has 0 saturated carbocycles. The number of anilines is 1. The van der Waals surface area contributed by atoms with Gasteiger partial charge in [0.25, 0.3) is 0 Å².